The summed E-state index contributed by atoms with van der Waals surface area (Å²) in [4.78, 5) is 0. The molecule has 1 aliphatic heterocycles. The molecule has 0 radical (unpaired) electrons. The molecule has 1 fully saturated rings. The van der Waals surface area contributed by atoms with Gasteiger partial charge in [-0.2, -0.15) is 0 Å². The Morgan fingerprint density at radius 3 is 0.474 bits per heavy atom. The van der Waals surface area contributed by atoms with Gasteiger partial charge in [-0.05, 0) is 0 Å². The molecule has 0 aromatic heterocycles. The monoisotopic (exact) mass is 282 g/mol. The van der Waals surface area contributed by atoms with Crippen LogP contribution in [0.1, 0.15) is 0 Å². The van der Waals surface area contributed by atoms with E-state index in [1.165, 1.54) is 0 Å². The minimum absolute atomic E-state index is 0. The Morgan fingerprint density at radius 2 is 0.368 bits per heavy atom. The van der Waals surface area contributed by atoms with Crippen molar-refractivity contribution in [2.45, 2.75) is 0 Å². The van der Waals surface area contributed by atoms with Crippen molar-refractivity contribution in [2.24, 2.45) is 0 Å². The molecule has 116 valence electrons. The third-order valence-corrected chi connectivity index (χ3v) is 2.23. The molecule has 0 spiro atoms. The molecule has 1 rings (SSSR count). The van der Waals surface area contributed by atoms with Crippen LogP contribution in [0, 0.1) is 0 Å². The van der Waals surface area contributed by atoms with Crippen LogP contribution in [-0.2, 0) is 28.4 Å². The highest BCUT2D eigenvalue weighted by Crippen LogP contribution is 1.86. The first kappa shape index (κ1) is 18.7. The SMILES string of the molecule is C1COCCOCCOCCOCCOCCO1.O. The van der Waals surface area contributed by atoms with Gasteiger partial charge in [-0.1, -0.05) is 0 Å². The summed E-state index contributed by atoms with van der Waals surface area (Å²) in [6, 6.07) is 0. The molecule has 2 N–H and O–H groups in total. The predicted octanol–water partition coefficient (Wildman–Crippen LogP) is -0.725. The lowest BCUT2D eigenvalue weighted by atomic mass is 10.6. The standard InChI is InChI=1S/C12H24O6.H2O/c1-2-14-5-6-16-9-10-18-12-11-17-8-7-15-4-3-13-1;/h1-12H2;1H2. The van der Waals surface area contributed by atoms with Crippen molar-refractivity contribution >= 4 is 0 Å². The number of ether oxygens (including phenoxy) is 6. The number of rotatable bonds is 0. The normalized spacial score (nSPS) is 22.7. The van der Waals surface area contributed by atoms with Gasteiger partial charge >= 0.3 is 0 Å². The molecule has 0 aliphatic carbocycles. The first-order valence-electron chi connectivity index (χ1n) is 6.46. The van der Waals surface area contributed by atoms with Gasteiger partial charge < -0.3 is 33.9 Å². The first-order chi connectivity index (χ1) is 9.00. The summed E-state index contributed by atoms with van der Waals surface area (Å²) in [6.07, 6.45) is 0. The van der Waals surface area contributed by atoms with Crippen LogP contribution >= 0.6 is 0 Å². The maximum absolute atomic E-state index is 5.33. The van der Waals surface area contributed by atoms with E-state index in [2.05, 4.69) is 0 Å². The Kier molecular flexibility index (Phi) is 15.5. The predicted molar refractivity (Wildman–Crippen MR) is 68.5 cm³/mol. The van der Waals surface area contributed by atoms with Crippen molar-refractivity contribution < 1.29 is 33.9 Å². The molecule has 0 atom stereocenters. The highest BCUT2D eigenvalue weighted by Gasteiger charge is 1.95. The van der Waals surface area contributed by atoms with Crippen LogP contribution in [0.5, 0.6) is 0 Å². The quantitative estimate of drug-likeness (QED) is 0.582. The maximum atomic E-state index is 5.33. The van der Waals surface area contributed by atoms with Gasteiger partial charge in [0.05, 0.1) is 79.3 Å². The van der Waals surface area contributed by atoms with Gasteiger partial charge in [0, 0.05) is 0 Å². The van der Waals surface area contributed by atoms with Gasteiger partial charge in [0.1, 0.15) is 0 Å². The average molecular weight is 282 g/mol. The Hall–Kier alpha value is -0.280. The van der Waals surface area contributed by atoms with Crippen molar-refractivity contribution in [3.63, 3.8) is 0 Å². The van der Waals surface area contributed by atoms with Crippen molar-refractivity contribution in [3.05, 3.63) is 0 Å². The van der Waals surface area contributed by atoms with Crippen molar-refractivity contribution in [1.82, 2.24) is 0 Å². The Bertz CT molecular complexity index is 93.1. The third-order valence-electron chi connectivity index (χ3n) is 2.23. The summed E-state index contributed by atoms with van der Waals surface area (Å²) in [6.45, 7) is 7.04. The summed E-state index contributed by atoms with van der Waals surface area (Å²) >= 11 is 0. The second kappa shape index (κ2) is 15.8. The third kappa shape index (κ3) is 13.9. The molecule has 7 nitrogen and oxygen atoms in total. The zero-order chi connectivity index (χ0) is 12.7. The molecule has 19 heavy (non-hydrogen) atoms. The summed E-state index contributed by atoms with van der Waals surface area (Å²) in [5.41, 5.74) is 0. The number of hydrogen-bond donors (Lipinski definition) is 0. The zero-order valence-corrected chi connectivity index (χ0v) is 11.4. The smallest absolute Gasteiger partial charge is 0.0701 e. The molecule has 0 amide bonds. The second-order valence-corrected chi connectivity index (χ2v) is 3.67. The molecule has 7 heteroatoms. The number of hydrogen-bond acceptors (Lipinski definition) is 6. The van der Waals surface area contributed by atoms with Crippen LogP contribution in [0.15, 0.2) is 0 Å². The average Bonchev–Trinajstić information content (AvgIpc) is 2.39. The van der Waals surface area contributed by atoms with Crippen molar-refractivity contribution in [3.8, 4) is 0 Å². The highest BCUT2D eigenvalue weighted by atomic mass is 16.6. The fraction of sp³-hybridized carbons (Fsp3) is 1.00. The summed E-state index contributed by atoms with van der Waals surface area (Å²) in [5, 5.41) is 0. The largest absolute Gasteiger partial charge is 0.412 e. The van der Waals surface area contributed by atoms with E-state index >= 15 is 0 Å². The van der Waals surface area contributed by atoms with Gasteiger partial charge in [-0.3, -0.25) is 0 Å². The molecule has 1 heterocycles. The molecular weight excluding hydrogens is 256 g/mol. The minimum Gasteiger partial charge on any atom is -0.412 e. The molecule has 0 aromatic carbocycles. The lowest BCUT2D eigenvalue weighted by Crippen LogP contribution is -2.16. The van der Waals surface area contributed by atoms with E-state index < -0.39 is 0 Å². The van der Waals surface area contributed by atoms with Crippen molar-refractivity contribution in [2.75, 3.05) is 79.3 Å². The summed E-state index contributed by atoms with van der Waals surface area (Å²) in [7, 11) is 0. The molecule has 0 aromatic rings. The van der Waals surface area contributed by atoms with Gasteiger partial charge in [0.15, 0.2) is 0 Å². The molecule has 1 saturated heterocycles. The van der Waals surface area contributed by atoms with E-state index in [1.807, 2.05) is 0 Å². The fourth-order valence-corrected chi connectivity index (χ4v) is 1.32. The summed E-state index contributed by atoms with van der Waals surface area (Å²) in [5.74, 6) is 0. The van der Waals surface area contributed by atoms with Crippen LogP contribution < -0.4 is 0 Å². The van der Waals surface area contributed by atoms with E-state index in [-0.39, 0.29) is 5.48 Å². The van der Waals surface area contributed by atoms with Crippen LogP contribution in [0.3, 0.4) is 0 Å². The lowest BCUT2D eigenvalue weighted by molar-refractivity contribution is -0.0334. The Balaban J connectivity index is 0.00000324. The molecule has 1 aliphatic rings. The minimum atomic E-state index is 0. The van der Waals surface area contributed by atoms with E-state index in [0.717, 1.165) is 0 Å². The molecule has 0 bridgehead atoms. The van der Waals surface area contributed by atoms with Gasteiger partial charge in [-0.25, -0.2) is 0 Å². The van der Waals surface area contributed by atoms with E-state index in [9.17, 15) is 0 Å². The second-order valence-electron chi connectivity index (χ2n) is 3.67. The van der Waals surface area contributed by atoms with Gasteiger partial charge in [-0.15, -0.1) is 0 Å². The maximum Gasteiger partial charge on any atom is 0.0701 e. The summed E-state index contributed by atoms with van der Waals surface area (Å²) < 4.78 is 32.0. The fourth-order valence-electron chi connectivity index (χ4n) is 1.32. The van der Waals surface area contributed by atoms with Gasteiger partial charge in [0.2, 0.25) is 0 Å². The van der Waals surface area contributed by atoms with Crippen molar-refractivity contribution in [1.29, 1.82) is 0 Å². The van der Waals surface area contributed by atoms with E-state index in [1.54, 1.807) is 0 Å². The van der Waals surface area contributed by atoms with Crippen LogP contribution in [0.25, 0.3) is 0 Å². The lowest BCUT2D eigenvalue weighted by Gasteiger charge is -2.09. The first-order valence-corrected chi connectivity index (χ1v) is 6.46. The molecule has 0 unspecified atom stereocenters. The van der Waals surface area contributed by atoms with Crippen LogP contribution in [0.2, 0.25) is 0 Å². The van der Waals surface area contributed by atoms with Crippen LogP contribution in [0.4, 0.5) is 0 Å². The Labute approximate surface area is 114 Å². The van der Waals surface area contributed by atoms with Crippen LogP contribution in [-0.4, -0.2) is 84.8 Å². The highest BCUT2D eigenvalue weighted by molar-refractivity contribution is 4.38. The van der Waals surface area contributed by atoms with E-state index in [0.29, 0.717) is 79.3 Å². The Morgan fingerprint density at radius 1 is 0.263 bits per heavy atom. The molecule has 0 saturated carbocycles. The molecular formula is C12H26O7. The zero-order valence-electron chi connectivity index (χ0n) is 11.4. The van der Waals surface area contributed by atoms with Gasteiger partial charge in [0.25, 0.3) is 0 Å². The topological polar surface area (TPSA) is 86.9 Å². The van der Waals surface area contributed by atoms with E-state index in [4.69, 9.17) is 28.4 Å².